The fraction of sp³-hybridized carbons (Fsp3) is 0.348. The van der Waals surface area contributed by atoms with Gasteiger partial charge in [-0.25, -0.2) is 5.43 Å². The molecule has 0 bridgehead atoms. The highest BCUT2D eigenvalue weighted by Gasteiger charge is 2.48. The predicted molar refractivity (Wildman–Crippen MR) is 115 cm³/mol. The quantitative estimate of drug-likeness (QED) is 0.650. The van der Waals surface area contributed by atoms with Crippen LogP contribution in [0.4, 0.5) is 0 Å². The molecule has 0 aromatic heterocycles. The summed E-state index contributed by atoms with van der Waals surface area (Å²) in [7, 11) is 0. The van der Waals surface area contributed by atoms with Crippen molar-refractivity contribution in [2.45, 2.75) is 44.6 Å². The number of rotatable bonds is 6. The van der Waals surface area contributed by atoms with Crippen LogP contribution < -0.4 is 21.3 Å². The van der Waals surface area contributed by atoms with Gasteiger partial charge < -0.3 is 15.2 Å². The minimum atomic E-state index is -0.264. The van der Waals surface area contributed by atoms with E-state index in [9.17, 15) is 5.26 Å². The van der Waals surface area contributed by atoms with Gasteiger partial charge >= 0.3 is 0 Å². The molecular formula is C23H25ClN4O2. The fourth-order valence-electron chi connectivity index (χ4n) is 4.29. The first-order chi connectivity index (χ1) is 14.6. The van der Waals surface area contributed by atoms with Crippen molar-refractivity contribution in [2.75, 3.05) is 0 Å². The minimum Gasteiger partial charge on any atom is -0.489 e. The van der Waals surface area contributed by atoms with E-state index in [0.29, 0.717) is 17.2 Å². The number of nitrogens with two attached hydrogens (primary N) is 1. The molecule has 4 rings (SSSR count). The average molecular weight is 425 g/mol. The maximum absolute atomic E-state index is 9.77. The molecule has 2 aliphatic rings. The number of hydrazine groups is 1. The van der Waals surface area contributed by atoms with Crippen molar-refractivity contribution in [3.63, 3.8) is 0 Å². The lowest BCUT2D eigenvalue weighted by Crippen LogP contribution is -2.41. The van der Waals surface area contributed by atoms with Crippen molar-refractivity contribution in [1.29, 1.82) is 5.26 Å². The molecule has 1 saturated heterocycles. The Labute approximate surface area is 181 Å². The summed E-state index contributed by atoms with van der Waals surface area (Å²) in [5, 5.41) is 10.5. The van der Waals surface area contributed by atoms with E-state index in [1.54, 1.807) is 0 Å². The summed E-state index contributed by atoms with van der Waals surface area (Å²) in [5.41, 5.74) is 15.0. The van der Waals surface area contributed by atoms with Gasteiger partial charge in [-0.1, -0.05) is 55.3 Å². The molecule has 2 aromatic rings. The number of hydrogen-bond donors (Lipinski definition) is 3. The van der Waals surface area contributed by atoms with E-state index < -0.39 is 0 Å². The van der Waals surface area contributed by atoms with Crippen molar-refractivity contribution < 1.29 is 9.47 Å². The Morgan fingerprint density at radius 2 is 1.93 bits per heavy atom. The Morgan fingerprint density at radius 3 is 2.63 bits per heavy atom. The highest BCUT2D eigenvalue weighted by atomic mass is 35.5. The number of ether oxygens (including phenoxy) is 2. The molecule has 6 nitrogen and oxygen atoms in total. The molecule has 0 spiro atoms. The van der Waals surface area contributed by atoms with E-state index in [1.165, 1.54) is 0 Å². The third-order valence-electron chi connectivity index (χ3n) is 5.75. The van der Waals surface area contributed by atoms with Gasteiger partial charge in [-0.15, -0.1) is 0 Å². The molecule has 0 aliphatic carbocycles. The normalized spacial score (nSPS) is 25.4. The van der Waals surface area contributed by atoms with Crippen LogP contribution in [0.1, 0.15) is 36.8 Å². The molecule has 2 heterocycles. The van der Waals surface area contributed by atoms with Crippen LogP contribution in [-0.4, -0.2) is 12.3 Å². The van der Waals surface area contributed by atoms with Crippen molar-refractivity contribution >= 4 is 11.6 Å². The van der Waals surface area contributed by atoms with Crippen molar-refractivity contribution in [3.05, 3.63) is 76.1 Å². The summed E-state index contributed by atoms with van der Waals surface area (Å²) in [6.07, 6.45) is 1.75. The van der Waals surface area contributed by atoms with Crippen LogP contribution in [0.25, 0.3) is 0 Å². The molecule has 0 saturated carbocycles. The van der Waals surface area contributed by atoms with Crippen LogP contribution in [0.2, 0.25) is 5.02 Å². The lowest BCUT2D eigenvalue weighted by Gasteiger charge is -2.35. The molecule has 156 valence electrons. The summed E-state index contributed by atoms with van der Waals surface area (Å²) in [6, 6.07) is 17.9. The van der Waals surface area contributed by atoms with Crippen molar-refractivity contribution in [1.82, 2.24) is 10.9 Å². The Balaban J connectivity index is 1.57. The second-order valence-corrected chi connectivity index (χ2v) is 8.02. The Bertz CT molecular complexity index is 970. The van der Waals surface area contributed by atoms with Gasteiger partial charge in [0.1, 0.15) is 18.4 Å². The first-order valence-corrected chi connectivity index (χ1v) is 10.5. The van der Waals surface area contributed by atoms with Crippen molar-refractivity contribution in [2.24, 2.45) is 11.7 Å². The average Bonchev–Trinajstić information content (AvgIpc) is 3.15. The van der Waals surface area contributed by atoms with Crippen LogP contribution in [0, 0.1) is 17.2 Å². The van der Waals surface area contributed by atoms with Gasteiger partial charge in [-0.05, 0) is 30.2 Å². The standard InChI is InChI=1S/C23H25ClN4O2/c1-2-5-19-21-20(17(12-25)22(26)30-23(21)28-27-19)14-8-10-16(11-9-14)29-13-15-6-3-4-7-18(15)24/h3-4,6-11,19-21,23,27-28H,2,5,13,26H2,1H3. The van der Waals surface area contributed by atoms with Crippen LogP contribution in [0.5, 0.6) is 5.75 Å². The van der Waals surface area contributed by atoms with Crippen LogP contribution >= 0.6 is 11.6 Å². The van der Waals surface area contributed by atoms with Gasteiger partial charge in [0.15, 0.2) is 6.23 Å². The van der Waals surface area contributed by atoms with Crippen LogP contribution in [-0.2, 0) is 11.3 Å². The zero-order valence-electron chi connectivity index (χ0n) is 16.8. The van der Waals surface area contributed by atoms with E-state index in [1.807, 2.05) is 48.5 Å². The largest absolute Gasteiger partial charge is 0.489 e. The van der Waals surface area contributed by atoms with E-state index in [0.717, 1.165) is 29.7 Å². The zero-order valence-corrected chi connectivity index (χ0v) is 17.5. The Kier molecular flexibility index (Phi) is 6.14. The molecule has 4 unspecified atom stereocenters. The highest BCUT2D eigenvalue weighted by molar-refractivity contribution is 6.31. The molecular weight excluding hydrogens is 400 g/mol. The maximum atomic E-state index is 9.77. The Hall–Kier alpha value is -2.72. The van der Waals surface area contributed by atoms with E-state index in [4.69, 9.17) is 26.8 Å². The number of benzene rings is 2. The maximum Gasteiger partial charge on any atom is 0.200 e. The van der Waals surface area contributed by atoms with Crippen LogP contribution in [0.15, 0.2) is 60.0 Å². The monoisotopic (exact) mass is 424 g/mol. The highest BCUT2D eigenvalue weighted by Crippen LogP contribution is 2.43. The predicted octanol–water partition coefficient (Wildman–Crippen LogP) is 3.95. The second-order valence-electron chi connectivity index (χ2n) is 7.62. The molecule has 4 N–H and O–H groups in total. The van der Waals surface area contributed by atoms with E-state index >= 15 is 0 Å². The molecule has 30 heavy (non-hydrogen) atoms. The van der Waals surface area contributed by atoms with E-state index in [2.05, 4.69) is 23.8 Å². The molecule has 2 aliphatic heterocycles. The minimum absolute atomic E-state index is 0.0711. The van der Waals surface area contributed by atoms with Gasteiger partial charge in [0.25, 0.3) is 0 Å². The lowest BCUT2D eigenvalue weighted by molar-refractivity contribution is 0.0337. The number of nitriles is 1. The summed E-state index contributed by atoms with van der Waals surface area (Å²) >= 11 is 6.20. The van der Waals surface area contributed by atoms with Gasteiger partial charge in [0, 0.05) is 28.5 Å². The molecule has 1 fully saturated rings. The van der Waals surface area contributed by atoms with Gasteiger partial charge in [-0.2, -0.15) is 5.26 Å². The first kappa shape index (κ1) is 20.5. The topological polar surface area (TPSA) is 92.3 Å². The summed E-state index contributed by atoms with van der Waals surface area (Å²) in [4.78, 5) is 0. The number of halogens is 1. The smallest absolute Gasteiger partial charge is 0.200 e. The summed E-state index contributed by atoms with van der Waals surface area (Å²) < 4.78 is 11.7. The number of hydrogen-bond acceptors (Lipinski definition) is 6. The number of allylic oxidation sites excluding steroid dienone is 1. The molecule has 0 amide bonds. The summed E-state index contributed by atoms with van der Waals surface area (Å²) in [5.74, 6) is 0.854. The third kappa shape index (κ3) is 3.97. The van der Waals surface area contributed by atoms with Crippen molar-refractivity contribution in [3.8, 4) is 11.8 Å². The number of nitrogens with one attached hydrogen (secondary N) is 2. The molecule has 4 atom stereocenters. The first-order valence-electron chi connectivity index (χ1n) is 10.2. The second kappa shape index (κ2) is 8.97. The lowest BCUT2D eigenvalue weighted by atomic mass is 9.75. The molecule has 2 aromatic carbocycles. The zero-order chi connectivity index (χ0) is 21.1. The summed E-state index contributed by atoms with van der Waals surface area (Å²) in [6.45, 7) is 2.54. The number of nitrogens with zero attached hydrogens (tertiary/aromatic N) is 1. The van der Waals surface area contributed by atoms with E-state index in [-0.39, 0.29) is 30.0 Å². The molecule has 7 heteroatoms. The third-order valence-corrected chi connectivity index (χ3v) is 6.12. The van der Waals surface area contributed by atoms with Gasteiger partial charge in [-0.3, -0.25) is 5.43 Å². The fourth-order valence-corrected chi connectivity index (χ4v) is 4.48. The SMILES string of the molecule is CCCC1NNC2OC(N)=C(C#N)C(c3ccc(OCc4ccccc4Cl)cc3)C12. The number of fused-ring (bicyclic) bond motifs is 1. The van der Waals surface area contributed by atoms with Gasteiger partial charge in [0.2, 0.25) is 5.88 Å². The Morgan fingerprint density at radius 1 is 1.17 bits per heavy atom. The molecule has 0 radical (unpaired) electrons. The van der Waals surface area contributed by atoms with Gasteiger partial charge in [0.05, 0.1) is 5.57 Å². The van der Waals surface area contributed by atoms with Crippen LogP contribution in [0.3, 0.4) is 0 Å².